The summed E-state index contributed by atoms with van der Waals surface area (Å²) in [5.41, 5.74) is -1.58. The molecular formula is C25H26N4O8S. The predicted molar refractivity (Wildman–Crippen MR) is 139 cm³/mol. The van der Waals surface area contributed by atoms with Crippen molar-refractivity contribution in [2.75, 3.05) is 13.7 Å². The lowest BCUT2D eigenvalue weighted by atomic mass is 9.95. The minimum Gasteiger partial charge on any atom is -0.494 e. The molecule has 3 N–H and O–H groups in total. The number of aromatic hydroxyl groups is 1. The van der Waals surface area contributed by atoms with E-state index in [1.165, 1.54) is 11.7 Å². The fourth-order valence-electron chi connectivity index (χ4n) is 4.06. The van der Waals surface area contributed by atoms with Crippen LogP contribution < -0.4 is 35.6 Å². The predicted octanol–water partition coefficient (Wildman–Crippen LogP) is 0.676. The number of nitrogens with zero attached hydrogens (tertiary/aromatic N) is 2. The van der Waals surface area contributed by atoms with Crippen LogP contribution in [-0.4, -0.2) is 45.4 Å². The lowest BCUT2D eigenvalue weighted by Crippen LogP contribution is -2.40. The number of fused-ring (bicyclic) bond motifs is 1. The van der Waals surface area contributed by atoms with Crippen molar-refractivity contribution in [1.82, 2.24) is 14.5 Å². The molecular weight excluding hydrogens is 516 g/mol. The van der Waals surface area contributed by atoms with Crippen LogP contribution in [-0.2, 0) is 9.53 Å². The average Bonchev–Trinajstić information content (AvgIpc) is 3.15. The molecule has 3 heterocycles. The van der Waals surface area contributed by atoms with Crippen molar-refractivity contribution in [2.24, 2.45) is 4.99 Å². The molecule has 0 fully saturated rings. The summed E-state index contributed by atoms with van der Waals surface area (Å²) in [6.45, 7) is 7.18. The quantitative estimate of drug-likeness (QED) is 0.367. The molecule has 0 radical (unpaired) electrons. The van der Waals surface area contributed by atoms with Crippen molar-refractivity contribution in [1.29, 1.82) is 0 Å². The minimum atomic E-state index is -0.933. The van der Waals surface area contributed by atoms with E-state index in [0.29, 0.717) is 22.8 Å². The van der Waals surface area contributed by atoms with Gasteiger partial charge in [0.1, 0.15) is 5.56 Å². The van der Waals surface area contributed by atoms with E-state index < -0.39 is 34.7 Å². The molecule has 0 bridgehead atoms. The molecule has 13 heteroatoms. The molecule has 12 nitrogen and oxygen atoms in total. The zero-order chi connectivity index (χ0) is 27.7. The highest BCUT2D eigenvalue weighted by molar-refractivity contribution is 7.07. The number of methoxy groups -OCH3 is 1. The Bertz CT molecular complexity index is 1740. The van der Waals surface area contributed by atoms with Crippen LogP contribution in [0.15, 0.2) is 48.8 Å². The second-order valence-corrected chi connectivity index (χ2v) is 9.56. The number of thiazole rings is 1. The summed E-state index contributed by atoms with van der Waals surface area (Å²) >= 11 is 0.959. The minimum absolute atomic E-state index is 0.0474. The van der Waals surface area contributed by atoms with Gasteiger partial charge in [-0.3, -0.25) is 24.1 Å². The number of benzene rings is 1. The third kappa shape index (κ3) is 4.92. The third-order valence-corrected chi connectivity index (χ3v) is 6.60. The van der Waals surface area contributed by atoms with Crippen molar-refractivity contribution in [3.05, 3.63) is 81.1 Å². The molecule has 0 saturated carbocycles. The van der Waals surface area contributed by atoms with E-state index in [0.717, 1.165) is 17.4 Å². The van der Waals surface area contributed by atoms with Gasteiger partial charge in [-0.15, -0.1) is 0 Å². The number of H-pyrrole nitrogens is 2. The number of esters is 1. The van der Waals surface area contributed by atoms with Crippen LogP contribution in [0, 0.1) is 0 Å². The summed E-state index contributed by atoms with van der Waals surface area (Å²) in [5.74, 6) is -0.426. The van der Waals surface area contributed by atoms with Crippen LogP contribution in [0.25, 0.3) is 6.08 Å². The molecule has 4 rings (SSSR count). The van der Waals surface area contributed by atoms with Crippen LogP contribution in [0.3, 0.4) is 0 Å². The molecule has 0 aliphatic carbocycles. The van der Waals surface area contributed by atoms with Gasteiger partial charge in [0.2, 0.25) is 5.88 Å². The number of nitrogens with one attached hydrogen (secondary N) is 2. The Labute approximate surface area is 219 Å². The Balaban J connectivity index is 1.99. The Morgan fingerprint density at radius 2 is 1.97 bits per heavy atom. The van der Waals surface area contributed by atoms with E-state index in [2.05, 4.69) is 9.98 Å². The number of carbonyl (C=O) groups excluding carboxylic acids is 1. The second kappa shape index (κ2) is 10.5. The van der Waals surface area contributed by atoms with E-state index in [-0.39, 0.29) is 33.2 Å². The van der Waals surface area contributed by atoms with Gasteiger partial charge in [-0.05, 0) is 51.5 Å². The zero-order valence-electron chi connectivity index (χ0n) is 21.3. The number of aromatic nitrogens is 3. The van der Waals surface area contributed by atoms with Crippen LogP contribution in [0.2, 0.25) is 0 Å². The van der Waals surface area contributed by atoms with Gasteiger partial charge in [0.15, 0.2) is 16.3 Å². The summed E-state index contributed by atoms with van der Waals surface area (Å²) < 4.78 is 18.0. The molecule has 38 heavy (non-hydrogen) atoms. The van der Waals surface area contributed by atoms with Gasteiger partial charge in [-0.1, -0.05) is 17.4 Å². The van der Waals surface area contributed by atoms with Gasteiger partial charge >= 0.3 is 11.7 Å². The Morgan fingerprint density at radius 1 is 1.24 bits per heavy atom. The molecule has 2 aromatic heterocycles. The van der Waals surface area contributed by atoms with Gasteiger partial charge in [-0.2, -0.15) is 0 Å². The maximum atomic E-state index is 13.7. The SMILES string of the molecule is CCOC(=O)C1=C(C)N=c2s/c(=C/c3c(O)[nH]c(=O)[nH]c3=O)c(=O)n2[C@H]1c1ccc(OC(C)C)c(OC)c1. The van der Waals surface area contributed by atoms with Crippen LogP contribution >= 0.6 is 11.3 Å². The van der Waals surface area contributed by atoms with Crippen molar-refractivity contribution in [3.63, 3.8) is 0 Å². The van der Waals surface area contributed by atoms with Gasteiger partial charge in [-0.25, -0.2) is 14.6 Å². The van der Waals surface area contributed by atoms with E-state index in [1.807, 2.05) is 18.8 Å². The molecule has 1 aliphatic rings. The second-order valence-electron chi connectivity index (χ2n) is 8.55. The highest BCUT2D eigenvalue weighted by atomic mass is 32.1. The number of rotatable bonds is 7. The number of aromatic amines is 2. The third-order valence-electron chi connectivity index (χ3n) is 5.62. The summed E-state index contributed by atoms with van der Waals surface area (Å²) in [7, 11) is 1.49. The first-order valence-electron chi connectivity index (χ1n) is 11.7. The summed E-state index contributed by atoms with van der Waals surface area (Å²) in [5, 5.41) is 10.1. The van der Waals surface area contributed by atoms with Crippen LogP contribution in [0.1, 0.15) is 44.9 Å². The maximum absolute atomic E-state index is 13.7. The van der Waals surface area contributed by atoms with Crippen molar-refractivity contribution >= 4 is 23.4 Å². The first-order chi connectivity index (χ1) is 18.0. The Morgan fingerprint density at radius 3 is 2.61 bits per heavy atom. The fourth-order valence-corrected chi connectivity index (χ4v) is 5.09. The van der Waals surface area contributed by atoms with Gasteiger partial charge in [0.05, 0.1) is 41.7 Å². The van der Waals surface area contributed by atoms with Crippen molar-refractivity contribution in [3.8, 4) is 17.4 Å². The number of carbonyl (C=O) groups is 1. The molecule has 200 valence electrons. The largest absolute Gasteiger partial charge is 0.494 e. The molecule has 0 amide bonds. The topological polar surface area (TPSA) is 165 Å². The molecule has 0 saturated heterocycles. The van der Waals surface area contributed by atoms with E-state index in [9.17, 15) is 24.3 Å². The normalized spacial score (nSPS) is 15.3. The summed E-state index contributed by atoms with van der Waals surface area (Å²) in [6.07, 6.45) is 1.05. The smallest absolute Gasteiger partial charge is 0.338 e. The first kappa shape index (κ1) is 26.7. The number of hydrogen-bond acceptors (Lipinski definition) is 10. The van der Waals surface area contributed by atoms with Gasteiger partial charge in [0.25, 0.3) is 11.1 Å². The molecule has 0 spiro atoms. The summed E-state index contributed by atoms with van der Waals surface area (Å²) in [4.78, 5) is 59.3. The lowest BCUT2D eigenvalue weighted by molar-refractivity contribution is -0.139. The van der Waals surface area contributed by atoms with Crippen LogP contribution in [0.5, 0.6) is 17.4 Å². The molecule has 1 aliphatic heterocycles. The zero-order valence-corrected chi connectivity index (χ0v) is 22.1. The Kier molecular flexibility index (Phi) is 7.39. The van der Waals surface area contributed by atoms with E-state index in [4.69, 9.17) is 14.2 Å². The summed E-state index contributed by atoms with van der Waals surface area (Å²) in [6, 6.07) is 4.16. The first-order valence-corrected chi connectivity index (χ1v) is 12.5. The molecule has 3 aromatic rings. The van der Waals surface area contributed by atoms with E-state index in [1.54, 1.807) is 32.0 Å². The van der Waals surface area contributed by atoms with E-state index >= 15 is 0 Å². The highest BCUT2D eigenvalue weighted by Crippen LogP contribution is 2.36. The standard InChI is InChI=1S/C25H26N4O8S/c1-6-36-23(33)18-12(4)26-25-29(19(18)13-7-8-15(37-11(2)3)16(9-13)35-5)22(32)17(38-25)10-14-20(30)27-24(34)28-21(14)31/h7-11,19H,6H2,1-5H3,(H3,27,28,30,31,34)/b17-10+/t19-/m0/s1. The fraction of sp³-hybridized carbons (Fsp3) is 0.320. The number of allylic oxidation sites excluding steroid dienone is 1. The number of ether oxygens (including phenoxy) is 3. The maximum Gasteiger partial charge on any atom is 0.338 e. The van der Waals surface area contributed by atoms with Crippen molar-refractivity contribution < 1.29 is 24.1 Å². The van der Waals surface area contributed by atoms with Crippen molar-refractivity contribution in [2.45, 2.75) is 39.8 Å². The van der Waals surface area contributed by atoms with Gasteiger partial charge < -0.3 is 19.3 Å². The average molecular weight is 543 g/mol. The van der Waals surface area contributed by atoms with Crippen LogP contribution in [0.4, 0.5) is 0 Å². The number of hydrogen-bond donors (Lipinski definition) is 3. The highest BCUT2D eigenvalue weighted by Gasteiger charge is 2.34. The molecule has 1 atom stereocenters. The van der Waals surface area contributed by atoms with Gasteiger partial charge in [0, 0.05) is 0 Å². The lowest BCUT2D eigenvalue weighted by Gasteiger charge is -2.25. The monoisotopic (exact) mass is 542 g/mol. The molecule has 1 aromatic carbocycles. The molecule has 0 unspecified atom stereocenters. The Hall–Kier alpha value is -4.39.